The Labute approximate surface area is 242 Å². The number of anilines is 1. The van der Waals surface area contributed by atoms with Crippen LogP contribution in [0, 0.1) is 5.82 Å². The third-order valence-electron chi connectivity index (χ3n) is 6.84. The standard InChI is InChI=1S/C28H27ClF7N3O3/c1-25(2,3)42-24(40)38-12-10-16(11-13-38)17-8-9-18(20(30)14-17)22-15-23(26(41,27(31,32)33)28(34,35)36)37-39(22)21-7-5-4-6-19(21)29/h4-10,14,22,41H,11-13,15H2,1-3H3. The molecular formula is C28H27ClF7N3O3. The van der Waals surface area contributed by atoms with Crippen LogP contribution in [0.5, 0.6) is 0 Å². The number of rotatable bonds is 4. The second kappa shape index (κ2) is 11.1. The number of para-hydroxylation sites is 1. The predicted octanol–water partition coefficient (Wildman–Crippen LogP) is 7.67. The zero-order valence-electron chi connectivity index (χ0n) is 22.7. The van der Waals surface area contributed by atoms with Crippen molar-refractivity contribution in [3.05, 3.63) is 70.5 Å². The summed E-state index contributed by atoms with van der Waals surface area (Å²) < 4.78 is 103. The number of aliphatic hydroxyl groups is 1. The summed E-state index contributed by atoms with van der Waals surface area (Å²) in [6.07, 6.45) is -11.9. The van der Waals surface area contributed by atoms with Crippen LogP contribution in [-0.2, 0) is 4.74 Å². The maximum Gasteiger partial charge on any atom is 0.431 e. The third-order valence-corrected chi connectivity index (χ3v) is 7.16. The molecule has 2 aromatic rings. The van der Waals surface area contributed by atoms with Crippen molar-refractivity contribution < 1.29 is 45.4 Å². The van der Waals surface area contributed by atoms with E-state index in [1.54, 1.807) is 26.8 Å². The van der Waals surface area contributed by atoms with Gasteiger partial charge in [0.05, 0.1) is 22.5 Å². The average Bonchev–Trinajstić information content (AvgIpc) is 3.31. The van der Waals surface area contributed by atoms with Crippen LogP contribution >= 0.6 is 11.6 Å². The maximum absolute atomic E-state index is 15.6. The van der Waals surface area contributed by atoms with E-state index in [9.17, 15) is 36.2 Å². The lowest BCUT2D eigenvalue weighted by molar-refractivity contribution is -0.338. The van der Waals surface area contributed by atoms with Crippen molar-refractivity contribution in [1.29, 1.82) is 0 Å². The Bertz CT molecular complexity index is 1400. The maximum atomic E-state index is 15.6. The molecular weight excluding hydrogens is 595 g/mol. The number of hydrogen-bond acceptors (Lipinski definition) is 5. The van der Waals surface area contributed by atoms with Gasteiger partial charge >= 0.3 is 18.4 Å². The molecule has 0 saturated carbocycles. The lowest BCUT2D eigenvalue weighted by Crippen LogP contribution is -2.62. The van der Waals surface area contributed by atoms with Gasteiger partial charge in [-0.2, -0.15) is 31.4 Å². The van der Waals surface area contributed by atoms with Gasteiger partial charge in [0.2, 0.25) is 0 Å². The van der Waals surface area contributed by atoms with E-state index in [1.807, 2.05) is 0 Å². The smallest absolute Gasteiger partial charge is 0.431 e. The number of alkyl halides is 6. The van der Waals surface area contributed by atoms with E-state index in [0.717, 1.165) is 11.1 Å². The summed E-state index contributed by atoms with van der Waals surface area (Å²) in [6.45, 7) is 5.69. The van der Waals surface area contributed by atoms with Gasteiger partial charge in [0.15, 0.2) is 0 Å². The fourth-order valence-corrected chi connectivity index (χ4v) is 4.96. The fourth-order valence-electron chi connectivity index (χ4n) is 4.74. The molecule has 1 amide bonds. The van der Waals surface area contributed by atoms with Gasteiger partial charge in [-0.25, -0.2) is 9.18 Å². The molecule has 4 rings (SSSR count). The van der Waals surface area contributed by atoms with Gasteiger partial charge in [-0.1, -0.05) is 41.9 Å². The number of ether oxygens (including phenoxy) is 1. The predicted molar refractivity (Wildman–Crippen MR) is 143 cm³/mol. The molecule has 1 unspecified atom stereocenters. The number of nitrogens with zero attached hydrogens (tertiary/aromatic N) is 3. The second-order valence-electron chi connectivity index (χ2n) is 10.9. The van der Waals surface area contributed by atoms with Gasteiger partial charge in [-0.15, -0.1) is 0 Å². The SMILES string of the molecule is CC(C)(C)OC(=O)N1CC=C(c2ccc(C3CC(C(O)(C(F)(F)F)C(F)(F)F)=NN3c3ccccc3Cl)c(F)c2)CC1. The lowest BCUT2D eigenvalue weighted by Gasteiger charge is -2.32. The van der Waals surface area contributed by atoms with Crippen LogP contribution in [0.3, 0.4) is 0 Å². The van der Waals surface area contributed by atoms with Crippen molar-refractivity contribution in [2.75, 3.05) is 18.1 Å². The van der Waals surface area contributed by atoms with Crippen molar-refractivity contribution >= 4 is 34.7 Å². The third kappa shape index (κ3) is 6.07. The number of halogens is 8. The van der Waals surface area contributed by atoms with E-state index < -0.39 is 53.6 Å². The quantitative estimate of drug-likeness (QED) is 0.356. The van der Waals surface area contributed by atoms with Crippen molar-refractivity contribution in [3.8, 4) is 0 Å². The minimum atomic E-state index is -6.16. The molecule has 0 radical (unpaired) electrons. The Balaban J connectivity index is 1.67. The molecule has 2 heterocycles. The van der Waals surface area contributed by atoms with Gasteiger partial charge in [0.25, 0.3) is 5.60 Å². The first kappa shape index (κ1) is 31.6. The Morgan fingerprint density at radius 2 is 1.69 bits per heavy atom. The molecule has 0 aromatic heterocycles. The normalized spacial score (nSPS) is 18.6. The number of hydrogen-bond donors (Lipinski definition) is 1. The van der Waals surface area contributed by atoms with Crippen LogP contribution in [0.2, 0.25) is 5.02 Å². The van der Waals surface area contributed by atoms with Crippen molar-refractivity contribution in [2.45, 2.75) is 63.2 Å². The van der Waals surface area contributed by atoms with Crippen molar-refractivity contribution in [2.24, 2.45) is 5.10 Å². The minimum Gasteiger partial charge on any atom is -0.444 e. The highest BCUT2D eigenvalue weighted by Crippen LogP contribution is 2.49. The van der Waals surface area contributed by atoms with Crippen LogP contribution in [0.1, 0.15) is 50.8 Å². The monoisotopic (exact) mass is 621 g/mol. The number of hydrazone groups is 1. The topological polar surface area (TPSA) is 65.4 Å². The molecule has 0 fully saturated rings. The van der Waals surface area contributed by atoms with Crippen LogP contribution in [-0.4, -0.2) is 58.5 Å². The van der Waals surface area contributed by atoms with E-state index >= 15 is 4.39 Å². The summed E-state index contributed by atoms with van der Waals surface area (Å²) in [5.41, 5.74) is -6.81. The van der Waals surface area contributed by atoms with E-state index in [2.05, 4.69) is 5.10 Å². The summed E-state index contributed by atoms with van der Waals surface area (Å²) in [5.74, 6) is -0.913. The molecule has 0 spiro atoms. The van der Waals surface area contributed by atoms with Gasteiger partial charge in [0, 0.05) is 25.1 Å². The average molecular weight is 622 g/mol. The summed E-state index contributed by atoms with van der Waals surface area (Å²) in [7, 11) is 0. The van der Waals surface area contributed by atoms with Crippen LogP contribution < -0.4 is 5.01 Å². The molecule has 0 aliphatic carbocycles. The molecule has 0 saturated heterocycles. The molecule has 14 heteroatoms. The fraction of sp³-hybridized carbons (Fsp3) is 0.429. The first-order valence-corrected chi connectivity index (χ1v) is 13.2. The molecule has 6 nitrogen and oxygen atoms in total. The zero-order chi connectivity index (χ0) is 31.3. The molecule has 2 aromatic carbocycles. The molecule has 42 heavy (non-hydrogen) atoms. The summed E-state index contributed by atoms with van der Waals surface area (Å²) in [5, 5.41) is 14.2. The van der Waals surface area contributed by atoms with E-state index in [0.29, 0.717) is 17.6 Å². The summed E-state index contributed by atoms with van der Waals surface area (Å²) in [6, 6.07) is 7.92. The van der Waals surface area contributed by atoms with Crippen LogP contribution in [0.4, 0.5) is 41.2 Å². The molecule has 2 aliphatic heterocycles. The second-order valence-corrected chi connectivity index (χ2v) is 11.3. The Morgan fingerprint density at radius 3 is 2.21 bits per heavy atom. The summed E-state index contributed by atoms with van der Waals surface area (Å²) >= 11 is 6.18. The Hall–Kier alpha value is -3.32. The largest absolute Gasteiger partial charge is 0.444 e. The van der Waals surface area contributed by atoms with E-state index in [4.69, 9.17) is 16.3 Å². The van der Waals surface area contributed by atoms with Gasteiger partial charge in [0.1, 0.15) is 11.4 Å². The number of carbonyl (C=O) groups excluding carboxylic acids is 1. The first-order valence-electron chi connectivity index (χ1n) is 12.8. The number of amides is 1. The lowest BCUT2D eigenvalue weighted by atomic mass is 9.89. The Kier molecular flexibility index (Phi) is 8.33. The number of carbonyl (C=O) groups is 1. The Morgan fingerprint density at radius 1 is 1.05 bits per heavy atom. The molecule has 2 aliphatic rings. The van der Waals surface area contributed by atoms with Crippen LogP contribution in [0.15, 0.2) is 53.6 Å². The highest BCUT2D eigenvalue weighted by atomic mass is 35.5. The molecule has 0 bridgehead atoms. The van der Waals surface area contributed by atoms with E-state index in [-0.39, 0.29) is 29.4 Å². The van der Waals surface area contributed by atoms with Crippen molar-refractivity contribution in [3.63, 3.8) is 0 Å². The molecule has 228 valence electrons. The molecule has 1 atom stereocenters. The van der Waals surface area contributed by atoms with Gasteiger partial charge in [-0.3, -0.25) is 5.01 Å². The minimum absolute atomic E-state index is 0.0611. The highest BCUT2D eigenvalue weighted by Gasteiger charge is 2.74. The van der Waals surface area contributed by atoms with Crippen molar-refractivity contribution in [1.82, 2.24) is 4.90 Å². The zero-order valence-corrected chi connectivity index (χ0v) is 23.4. The highest BCUT2D eigenvalue weighted by molar-refractivity contribution is 6.33. The molecule has 1 N–H and O–H groups in total. The summed E-state index contributed by atoms with van der Waals surface area (Å²) in [4.78, 5) is 13.8. The first-order chi connectivity index (χ1) is 19.3. The van der Waals surface area contributed by atoms with Gasteiger partial charge in [-0.05, 0) is 56.5 Å². The van der Waals surface area contributed by atoms with Crippen LogP contribution in [0.25, 0.3) is 5.57 Å². The number of benzene rings is 2. The van der Waals surface area contributed by atoms with Gasteiger partial charge < -0.3 is 14.7 Å². The van der Waals surface area contributed by atoms with E-state index in [1.165, 1.54) is 41.3 Å².